The molecule has 38 heavy (non-hydrogen) atoms. The summed E-state index contributed by atoms with van der Waals surface area (Å²) < 4.78 is 13.1. The van der Waals surface area contributed by atoms with E-state index in [4.69, 9.17) is 21.1 Å². The van der Waals surface area contributed by atoms with E-state index in [1.165, 1.54) is 4.90 Å². The molecule has 0 spiro atoms. The summed E-state index contributed by atoms with van der Waals surface area (Å²) in [5, 5.41) is 3.95. The van der Waals surface area contributed by atoms with Crippen molar-refractivity contribution in [3.63, 3.8) is 0 Å². The van der Waals surface area contributed by atoms with E-state index >= 15 is 0 Å². The van der Waals surface area contributed by atoms with Gasteiger partial charge in [0.15, 0.2) is 0 Å². The van der Waals surface area contributed by atoms with E-state index in [0.717, 1.165) is 44.1 Å². The lowest BCUT2D eigenvalue weighted by molar-refractivity contribution is -0.143. The number of aromatic nitrogens is 1. The van der Waals surface area contributed by atoms with Crippen LogP contribution in [0.25, 0.3) is 21.3 Å². The quantitative estimate of drug-likeness (QED) is 0.389. The molecule has 2 unspecified atom stereocenters. The van der Waals surface area contributed by atoms with Crippen molar-refractivity contribution in [3.05, 3.63) is 45.9 Å². The maximum Gasteiger partial charge on any atom is 0.234 e. The third-order valence-electron chi connectivity index (χ3n) is 7.88. The zero-order valence-electron chi connectivity index (χ0n) is 21.4. The summed E-state index contributed by atoms with van der Waals surface area (Å²) in [5.41, 5.74) is 3.39. The van der Waals surface area contributed by atoms with Crippen molar-refractivity contribution in [1.82, 2.24) is 15.2 Å². The Labute approximate surface area is 243 Å². The Morgan fingerprint density at radius 3 is 2.47 bits per heavy atom. The van der Waals surface area contributed by atoms with Gasteiger partial charge in [-0.05, 0) is 42.2 Å². The number of halogens is 3. The molecule has 4 heterocycles. The molecule has 3 aromatic rings. The Morgan fingerprint density at radius 1 is 1.11 bits per heavy atom. The van der Waals surface area contributed by atoms with Crippen molar-refractivity contribution >= 4 is 69.8 Å². The molecule has 6 rings (SSSR count). The predicted molar refractivity (Wildman–Crippen MR) is 154 cm³/mol. The van der Waals surface area contributed by atoms with Crippen molar-refractivity contribution in [3.8, 4) is 16.9 Å². The van der Waals surface area contributed by atoms with Crippen LogP contribution in [0.3, 0.4) is 0 Å². The molecule has 4 atom stereocenters. The highest BCUT2D eigenvalue weighted by Crippen LogP contribution is 2.63. The topological polar surface area (TPSA) is 80.8 Å². The summed E-state index contributed by atoms with van der Waals surface area (Å²) in [6.07, 6.45) is 1.62. The minimum Gasteiger partial charge on any atom is -0.485 e. The third-order valence-corrected chi connectivity index (χ3v) is 9.24. The lowest BCUT2D eigenvalue weighted by Crippen LogP contribution is -2.35. The van der Waals surface area contributed by atoms with Crippen molar-refractivity contribution < 1.29 is 19.1 Å². The van der Waals surface area contributed by atoms with Gasteiger partial charge in [0.1, 0.15) is 18.0 Å². The van der Waals surface area contributed by atoms with Gasteiger partial charge in [0.25, 0.3) is 0 Å². The van der Waals surface area contributed by atoms with Gasteiger partial charge in [0.05, 0.1) is 28.6 Å². The first kappa shape index (κ1) is 29.1. The van der Waals surface area contributed by atoms with Crippen LogP contribution >= 0.6 is 47.8 Å². The normalized spacial score (nSPS) is 25.2. The summed E-state index contributed by atoms with van der Waals surface area (Å²) in [4.78, 5) is 32.6. The van der Waals surface area contributed by atoms with Gasteiger partial charge in [0.2, 0.25) is 11.8 Å². The van der Waals surface area contributed by atoms with Gasteiger partial charge in [-0.2, -0.15) is 0 Å². The molecule has 0 radical (unpaired) electrons. The summed E-state index contributed by atoms with van der Waals surface area (Å²) in [5.74, 6) is 0.301. The number of amides is 2. The molecule has 1 N–H and O–H groups in total. The Morgan fingerprint density at radius 2 is 1.79 bits per heavy atom. The summed E-state index contributed by atoms with van der Waals surface area (Å²) in [7, 11) is 1.70. The zero-order chi connectivity index (χ0) is 25.4. The highest BCUT2D eigenvalue weighted by Gasteiger charge is 2.72. The fraction of sp³-hybridized carbons (Fsp3) is 0.444. The predicted octanol–water partition coefficient (Wildman–Crippen LogP) is 5.28. The number of piperidine rings is 1. The first-order valence-electron chi connectivity index (χ1n) is 12.1. The number of nitrogens with zero attached hydrogens (tertiary/aromatic N) is 2. The molecule has 1 aliphatic carbocycles. The SMILES string of the molecule is CO[C@H]1CNC[C@H]1Oc1c(C)cc(Cl)cc1-c1ccnc2cc(CN3C(=O)C4C(C3=O)C4(C)C)sc12.Cl.Cl. The number of benzene rings is 1. The maximum absolute atomic E-state index is 12.9. The first-order chi connectivity index (χ1) is 17.2. The molecule has 11 heteroatoms. The van der Waals surface area contributed by atoms with Crippen LogP contribution in [0.1, 0.15) is 24.3 Å². The number of carbonyl (C=O) groups excluding carboxylic acids is 2. The molecular weight excluding hydrogens is 569 g/mol. The molecule has 204 valence electrons. The number of hydrogen-bond acceptors (Lipinski definition) is 7. The minimum atomic E-state index is -0.211. The summed E-state index contributed by atoms with van der Waals surface area (Å²) in [6, 6.07) is 7.76. The number of fused-ring (bicyclic) bond motifs is 2. The Balaban J connectivity index is 0.00000168. The minimum absolute atomic E-state index is 0. The van der Waals surface area contributed by atoms with Crippen molar-refractivity contribution in [2.24, 2.45) is 17.3 Å². The number of imide groups is 1. The Kier molecular flexibility index (Phi) is 8.07. The van der Waals surface area contributed by atoms with Gasteiger partial charge >= 0.3 is 0 Å². The zero-order valence-corrected chi connectivity index (χ0v) is 24.7. The number of likely N-dealkylation sites (tertiary alicyclic amines) is 1. The van der Waals surface area contributed by atoms with Gasteiger partial charge in [-0.15, -0.1) is 36.2 Å². The van der Waals surface area contributed by atoms with Crippen molar-refractivity contribution in [2.45, 2.75) is 39.5 Å². The average molecular weight is 599 g/mol. The number of ether oxygens (including phenoxy) is 2. The highest BCUT2D eigenvalue weighted by molar-refractivity contribution is 7.19. The van der Waals surface area contributed by atoms with E-state index in [1.807, 2.05) is 45.0 Å². The first-order valence-corrected chi connectivity index (χ1v) is 13.3. The number of hydrogen-bond donors (Lipinski definition) is 1. The molecule has 7 nitrogen and oxygen atoms in total. The van der Waals surface area contributed by atoms with E-state index in [2.05, 4.69) is 10.3 Å². The maximum atomic E-state index is 12.9. The van der Waals surface area contributed by atoms with Crippen molar-refractivity contribution in [1.29, 1.82) is 0 Å². The largest absolute Gasteiger partial charge is 0.485 e. The van der Waals surface area contributed by atoms with Crippen molar-refractivity contribution in [2.75, 3.05) is 20.2 Å². The standard InChI is InChI=1S/C27H28ClN3O4S.2ClH/c1-13-7-14(28)8-17(23(13)35-20-11-29-10-19(20)34-4)16-5-6-30-18-9-15(36-24(16)18)12-31-25(32)21-22(26(31)33)27(21,2)3;;/h5-9,19-22,29H,10-12H2,1-4H3;2*1H/t19-,20+,21?,22?;;/m0../s1. The number of aryl methyl sites for hydroxylation is 1. The van der Waals surface area contributed by atoms with Crippen LogP contribution in [0.15, 0.2) is 30.5 Å². The molecule has 1 aromatic carbocycles. The Hall–Kier alpha value is -1.94. The number of pyridine rings is 1. The van der Waals surface area contributed by atoms with Crippen LogP contribution in [0.5, 0.6) is 5.75 Å². The molecule has 3 aliphatic rings. The monoisotopic (exact) mass is 597 g/mol. The summed E-state index contributed by atoms with van der Waals surface area (Å²) in [6.45, 7) is 7.70. The Bertz CT molecular complexity index is 1390. The van der Waals surface area contributed by atoms with Gasteiger partial charge in [-0.25, -0.2) is 0 Å². The second-order valence-corrected chi connectivity index (χ2v) is 12.1. The number of nitrogens with one attached hydrogen (secondary N) is 1. The average Bonchev–Trinajstić information content (AvgIpc) is 3.23. The molecular formula is C27H30Cl3N3O4S. The van der Waals surface area contributed by atoms with Gasteiger partial charge in [-0.3, -0.25) is 19.5 Å². The number of methoxy groups -OCH3 is 1. The summed E-state index contributed by atoms with van der Waals surface area (Å²) >= 11 is 8.05. The molecule has 3 fully saturated rings. The van der Waals surface area contributed by atoms with Crippen LogP contribution in [0, 0.1) is 24.2 Å². The third kappa shape index (κ3) is 4.59. The molecule has 2 aromatic heterocycles. The van der Waals surface area contributed by atoms with Crippen LogP contribution in [0.4, 0.5) is 0 Å². The lowest BCUT2D eigenvalue weighted by atomic mass is 10.0. The molecule has 2 amide bonds. The van der Waals surface area contributed by atoms with E-state index in [9.17, 15) is 9.59 Å². The van der Waals surface area contributed by atoms with Crippen LogP contribution in [-0.4, -0.2) is 54.1 Å². The number of rotatable bonds is 6. The smallest absolute Gasteiger partial charge is 0.234 e. The second kappa shape index (κ2) is 10.6. The van der Waals surface area contributed by atoms with E-state index in [-0.39, 0.29) is 72.6 Å². The highest BCUT2D eigenvalue weighted by atomic mass is 35.5. The van der Waals surface area contributed by atoms with Gasteiger partial charge in [0, 0.05) is 47.4 Å². The molecule has 0 bridgehead atoms. The molecule has 1 saturated carbocycles. The molecule has 2 saturated heterocycles. The lowest BCUT2D eigenvalue weighted by Gasteiger charge is -2.23. The number of thiophene rings is 1. The van der Waals surface area contributed by atoms with E-state index in [0.29, 0.717) is 11.6 Å². The van der Waals surface area contributed by atoms with Crippen LogP contribution in [0.2, 0.25) is 5.02 Å². The van der Waals surface area contributed by atoms with Crippen LogP contribution in [-0.2, 0) is 20.9 Å². The molecule has 2 aliphatic heterocycles. The number of carbonyl (C=O) groups is 2. The van der Waals surface area contributed by atoms with Gasteiger partial charge < -0.3 is 14.8 Å². The second-order valence-electron chi connectivity index (χ2n) is 10.5. The fourth-order valence-corrected chi connectivity index (χ4v) is 7.22. The van der Waals surface area contributed by atoms with E-state index in [1.54, 1.807) is 24.6 Å². The van der Waals surface area contributed by atoms with E-state index < -0.39 is 0 Å². The fourth-order valence-electron chi connectivity index (χ4n) is 5.81. The van der Waals surface area contributed by atoms with Gasteiger partial charge in [-0.1, -0.05) is 25.4 Å². The van der Waals surface area contributed by atoms with Crippen LogP contribution < -0.4 is 10.1 Å².